The van der Waals surface area contributed by atoms with Crippen molar-refractivity contribution in [2.45, 2.75) is 0 Å². The second-order valence-electron chi connectivity index (χ2n) is 5.68. The maximum Gasteiger partial charge on any atom is 0.280 e. The van der Waals surface area contributed by atoms with Crippen LogP contribution in [0, 0.1) is 11.6 Å². The molecule has 0 spiro atoms. The highest BCUT2D eigenvalue weighted by Gasteiger charge is 2.12. The Morgan fingerprint density at radius 2 is 1.83 bits per heavy atom. The summed E-state index contributed by atoms with van der Waals surface area (Å²) in [4.78, 5) is 20.1. The minimum Gasteiger partial charge on any atom is -0.493 e. The number of nitrogens with zero attached hydrogens (tertiary/aromatic N) is 2. The molecule has 0 saturated heterocycles. The van der Waals surface area contributed by atoms with Gasteiger partial charge in [-0.2, -0.15) is 9.98 Å². The van der Waals surface area contributed by atoms with E-state index < -0.39 is 17.5 Å². The molecule has 1 aromatic heterocycles. The van der Waals surface area contributed by atoms with E-state index in [1.165, 1.54) is 36.4 Å². The minimum atomic E-state index is -0.807. The summed E-state index contributed by atoms with van der Waals surface area (Å²) in [5, 5.41) is 14.9. The van der Waals surface area contributed by atoms with Crippen LogP contribution in [0.2, 0.25) is 10.0 Å². The quantitative estimate of drug-likeness (QED) is 0.393. The predicted molar refractivity (Wildman–Crippen MR) is 108 cm³/mol. The number of aliphatic imine (C=N–C) groups is 1. The van der Waals surface area contributed by atoms with Crippen molar-refractivity contribution in [1.29, 1.82) is 0 Å². The molecule has 6 nitrogen and oxygen atoms in total. The summed E-state index contributed by atoms with van der Waals surface area (Å²) in [7, 11) is 0. The fourth-order valence-corrected chi connectivity index (χ4v) is 2.60. The molecule has 3 N–H and O–H groups in total. The predicted octanol–water partition coefficient (Wildman–Crippen LogP) is 5.09. The van der Waals surface area contributed by atoms with Crippen LogP contribution >= 0.6 is 23.2 Å². The maximum absolute atomic E-state index is 13.6. The van der Waals surface area contributed by atoms with Crippen molar-refractivity contribution in [3.63, 3.8) is 0 Å². The number of halogens is 4. The van der Waals surface area contributed by atoms with Crippen LogP contribution in [0.3, 0.4) is 0 Å². The van der Waals surface area contributed by atoms with Gasteiger partial charge in [0.25, 0.3) is 5.91 Å². The largest absolute Gasteiger partial charge is 0.493 e. The van der Waals surface area contributed by atoms with Crippen molar-refractivity contribution in [2.24, 2.45) is 4.99 Å². The summed E-state index contributed by atoms with van der Waals surface area (Å²) in [6.07, 6.45) is 0. The first kappa shape index (κ1) is 20.5. The van der Waals surface area contributed by atoms with Crippen molar-refractivity contribution in [1.82, 2.24) is 4.98 Å². The Bertz CT molecular complexity index is 1090. The van der Waals surface area contributed by atoms with Crippen LogP contribution in [0.5, 0.6) is 5.88 Å². The Labute approximate surface area is 173 Å². The molecule has 0 saturated carbocycles. The molecule has 3 aromatic rings. The van der Waals surface area contributed by atoms with E-state index in [-0.39, 0.29) is 39.0 Å². The standard InChI is InChI=1S/C19H12Cl2F2N4O2/c20-11-7-12(22)9-13(8-11)24-19(26-16-2-1-3-17(28)25-16)27-18(29)10-4-5-14(21)15(23)6-10/h1-9H,(H3,24,25,26,27,28,29). The minimum absolute atomic E-state index is 0.0610. The molecule has 0 radical (unpaired) electrons. The highest BCUT2D eigenvalue weighted by atomic mass is 35.5. The number of rotatable bonds is 3. The number of benzene rings is 2. The molecule has 29 heavy (non-hydrogen) atoms. The van der Waals surface area contributed by atoms with E-state index in [9.17, 15) is 18.7 Å². The molecule has 3 rings (SSSR count). The number of nitrogens with one attached hydrogen (secondary N) is 2. The number of amides is 1. The van der Waals surface area contributed by atoms with E-state index in [0.717, 1.165) is 18.2 Å². The number of hydrogen-bond acceptors (Lipinski definition) is 3. The zero-order chi connectivity index (χ0) is 21.0. The topological polar surface area (TPSA) is 86.6 Å². The smallest absolute Gasteiger partial charge is 0.280 e. The summed E-state index contributed by atoms with van der Waals surface area (Å²) in [6, 6.07) is 11.5. The molecule has 10 heteroatoms. The summed E-state index contributed by atoms with van der Waals surface area (Å²) in [6.45, 7) is 0. The summed E-state index contributed by atoms with van der Waals surface area (Å²) in [5.41, 5.74) is 0.130. The van der Waals surface area contributed by atoms with Crippen molar-refractivity contribution < 1.29 is 18.7 Å². The molecule has 2 aromatic carbocycles. The third kappa shape index (κ3) is 5.63. The lowest BCUT2D eigenvalue weighted by atomic mass is 10.2. The third-order valence-electron chi connectivity index (χ3n) is 3.49. The first-order chi connectivity index (χ1) is 13.8. The number of aromatic nitrogens is 1. The Morgan fingerprint density at radius 1 is 1.03 bits per heavy atom. The fourth-order valence-electron chi connectivity index (χ4n) is 2.26. The van der Waals surface area contributed by atoms with Gasteiger partial charge >= 0.3 is 0 Å². The van der Waals surface area contributed by atoms with Crippen LogP contribution in [0.4, 0.5) is 20.3 Å². The van der Waals surface area contributed by atoms with Gasteiger partial charge in [0.05, 0.1) is 5.02 Å². The third-order valence-corrected chi connectivity index (χ3v) is 4.01. The van der Waals surface area contributed by atoms with Crippen molar-refractivity contribution in [2.75, 3.05) is 10.6 Å². The monoisotopic (exact) mass is 436 g/mol. The van der Waals surface area contributed by atoms with Gasteiger partial charge in [0.15, 0.2) is 0 Å². The molecular weight excluding hydrogens is 425 g/mol. The van der Waals surface area contributed by atoms with E-state index in [0.29, 0.717) is 0 Å². The van der Waals surface area contributed by atoms with Gasteiger partial charge in [-0.3, -0.25) is 4.79 Å². The summed E-state index contributed by atoms with van der Waals surface area (Å²) < 4.78 is 27.3. The molecular formula is C19H12Cl2F2N4O2. The van der Waals surface area contributed by atoms with Crippen molar-refractivity contribution in [3.05, 3.63) is 81.8 Å². The Morgan fingerprint density at radius 3 is 2.52 bits per heavy atom. The molecule has 0 aliphatic carbocycles. The number of hydrogen-bond donors (Lipinski definition) is 3. The molecule has 1 heterocycles. The van der Waals surface area contributed by atoms with Gasteiger partial charge in [0.1, 0.15) is 17.5 Å². The van der Waals surface area contributed by atoms with Crippen LogP contribution < -0.4 is 10.6 Å². The van der Waals surface area contributed by atoms with Crippen LogP contribution in [0.15, 0.2) is 59.6 Å². The number of aromatic hydroxyl groups is 1. The van der Waals surface area contributed by atoms with E-state index in [1.54, 1.807) is 0 Å². The first-order valence-electron chi connectivity index (χ1n) is 8.04. The van der Waals surface area contributed by atoms with Gasteiger partial charge in [-0.05, 0) is 42.5 Å². The summed E-state index contributed by atoms with van der Waals surface area (Å²) >= 11 is 11.5. The van der Waals surface area contributed by atoms with E-state index >= 15 is 0 Å². The maximum atomic E-state index is 13.6. The average Bonchev–Trinajstić information content (AvgIpc) is 2.63. The molecule has 0 fully saturated rings. The number of carbonyl (C=O) groups is 1. The molecule has 0 atom stereocenters. The second kappa shape index (κ2) is 8.85. The molecule has 0 aliphatic heterocycles. The molecule has 148 valence electrons. The number of guanidine groups is 1. The van der Waals surface area contributed by atoms with Crippen molar-refractivity contribution >= 4 is 46.6 Å². The number of anilines is 2. The number of carbonyl (C=O) groups excluding carboxylic acids is 1. The Balaban J connectivity index is 1.95. The lowest BCUT2D eigenvalue weighted by Gasteiger charge is -2.12. The lowest BCUT2D eigenvalue weighted by Crippen LogP contribution is -2.24. The van der Waals surface area contributed by atoms with Crippen LogP contribution in [-0.2, 0) is 0 Å². The van der Waals surface area contributed by atoms with Crippen molar-refractivity contribution in [3.8, 4) is 5.88 Å². The summed E-state index contributed by atoms with van der Waals surface area (Å²) in [5.74, 6) is -2.48. The van der Waals surface area contributed by atoms with Gasteiger partial charge in [-0.1, -0.05) is 29.3 Å². The van der Waals surface area contributed by atoms with E-state index in [1.807, 2.05) is 0 Å². The zero-order valence-electron chi connectivity index (χ0n) is 14.5. The highest BCUT2D eigenvalue weighted by molar-refractivity contribution is 6.31. The van der Waals surface area contributed by atoms with E-state index in [4.69, 9.17) is 23.2 Å². The average molecular weight is 437 g/mol. The van der Waals surface area contributed by atoms with Crippen LogP contribution in [0.1, 0.15) is 10.4 Å². The normalized spacial score (nSPS) is 11.2. The first-order valence-corrected chi connectivity index (χ1v) is 8.80. The zero-order valence-corrected chi connectivity index (χ0v) is 16.0. The van der Waals surface area contributed by atoms with E-state index in [2.05, 4.69) is 20.6 Å². The second-order valence-corrected chi connectivity index (χ2v) is 6.53. The van der Waals surface area contributed by atoms with Gasteiger partial charge in [-0.25, -0.2) is 8.78 Å². The SMILES string of the molecule is O=C(/N=C(/Nc1cc(F)cc(Cl)c1)Nc1cccc(O)n1)c1ccc(Cl)c(F)c1. The Kier molecular flexibility index (Phi) is 6.26. The van der Waals surface area contributed by atoms with Gasteiger partial charge < -0.3 is 15.7 Å². The lowest BCUT2D eigenvalue weighted by molar-refractivity contribution is 0.100. The molecule has 0 aliphatic rings. The Hall–Kier alpha value is -3.23. The molecule has 0 unspecified atom stereocenters. The number of pyridine rings is 1. The van der Waals surface area contributed by atoms with Crippen LogP contribution in [0.25, 0.3) is 0 Å². The van der Waals surface area contributed by atoms with Gasteiger partial charge in [0.2, 0.25) is 11.8 Å². The van der Waals surface area contributed by atoms with Gasteiger partial charge in [0, 0.05) is 22.3 Å². The highest BCUT2D eigenvalue weighted by Crippen LogP contribution is 2.20. The fraction of sp³-hybridized carbons (Fsp3) is 0. The molecule has 0 bridgehead atoms. The van der Waals surface area contributed by atoms with Crippen LogP contribution in [-0.4, -0.2) is 22.0 Å². The molecule has 1 amide bonds. The van der Waals surface area contributed by atoms with Gasteiger partial charge in [-0.15, -0.1) is 0 Å².